The Morgan fingerprint density at radius 1 is 1.00 bits per heavy atom. The van der Waals surface area contributed by atoms with Gasteiger partial charge in [-0.2, -0.15) is 0 Å². The summed E-state index contributed by atoms with van der Waals surface area (Å²) in [6.07, 6.45) is 0. The van der Waals surface area contributed by atoms with Gasteiger partial charge in [0.05, 0.1) is 11.7 Å². The summed E-state index contributed by atoms with van der Waals surface area (Å²) >= 11 is 15.9. The van der Waals surface area contributed by atoms with Gasteiger partial charge in [-0.15, -0.1) is 0 Å². The molecule has 6 heteroatoms. The molecule has 0 amide bonds. The molecule has 1 aromatic heterocycles. The second-order valence-electron chi connectivity index (χ2n) is 5.28. The molecule has 3 nitrogen and oxygen atoms in total. The molecule has 0 saturated carbocycles. The number of rotatable bonds is 3. The summed E-state index contributed by atoms with van der Waals surface area (Å²) < 4.78 is 2.41. The Bertz CT molecular complexity index is 941. The molecule has 0 radical (unpaired) electrons. The first-order chi connectivity index (χ1) is 11.5. The third kappa shape index (κ3) is 3.14. The highest BCUT2D eigenvalue weighted by Crippen LogP contribution is 2.34. The van der Waals surface area contributed by atoms with E-state index >= 15 is 0 Å². The number of hydrogen-bond donors (Lipinski definition) is 0. The van der Waals surface area contributed by atoms with E-state index in [9.17, 15) is 4.79 Å². The monoisotopic (exact) mass is 422 g/mol. The van der Waals surface area contributed by atoms with Gasteiger partial charge in [0.2, 0.25) is 0 Å². The predicted molar refractivity (Wildman–Crippen MR) is 102 cm³/mol. The zero-order chi connectivity index (χ0) is 17.3. The van der Waals surface area contributed by atoms with Crippen molar-refractivity contribution in [2.24, 2.45) is 0 Å². The standard InChI is InChI=1S/C18H13BrCl2N2O/c1-11(12-7-3-2-4-8-12)23-15(13-9-5-6-10-14(13)19)16(20)22-17(21)18(23)24/h2-11H,1H3/t11-/m1/s1. The fourth-order valence-corrected chi connectivity index (χ4v) is 3.60. The molecule has 3 rings (SSSR count). The summed E-state index contributed by atoms with van der Waals surface area (Å²) in [6.45, 7) is 1.93. The van der Waals surface area contributed by atoms with Crippen molar-refractivity contribution in [2.45, 2.75) is 13.0 Å². The van der Waals surface area contributed by atoms with E-state index in [0.29, 0.717) is 5.69 Å². The molecule has 0 aliphatic rings. The number of benzene rings is 2. The lowest BCUT2D eigenvalue weighted by Gasteiger charge is -2.22. The van der Waals surface area contributed by atoms with Crippen molar-refractivity contribution in [1.82, 2.24) is 9.55 Å². The van der Waals surface area contributed by atoms with Crippen LogP contribution in [0.5, 0.6) is 0 Å². The van der Waals surface area contributed by atoms with E-state index in [2.05, 4.69) is 20.9 Å². The van der Waals surface area contributed by atoms with Gasteiger partial charge in [-0.25, -0.2) is 4.98 Å². The van der Waals surface area contributed by atoms with Crippen LogP contribution in [0.1, 0.15) is 18.5 Å². The molecular weight excluding hydrogens is 411 g/mol. The average molecular weight is 424 g/mol. The second-order valence-corrected chi connectivity index (χ2v) is 6.85. The second kappa shape index (κ2) is 7.09. The smallest absolute Gasteiger partial charge is 0.289 e. The molecule has 2 aromatic carbocycles. The van der Waals surface area contributed by atoms with E-state index in [1.165, 1.54) is 0 Å². The molecule has 1 heterocycles. The maximum Gasteiger partial charge on any atom is 0.289 e. The minimum Gasteiger partial charge on any atom is -0.295 e. The Morgan fingerprint density at radius 3 is 2.29 bits per heavy atom. The lowest BCUT2D eigenvalue weighted by molar-refractivity contribution is 0.617. The highest BCUT2D eigenvalue weighted by atomic mass is 79.9. The minimum atomic E-state index is -0.372. The van der Waals surface area contributed by atoms with Gasteiger partial charge in [0, 0.05) is 10.0 Å². The zero-order valence-corrected chi connectivity index (χ0v) is 15.8. The molecule has 0 saturated heterocycles. The van der Waals surface area contributed by atoms with Crippen LogP contribution >= 0.6 is 39.1 Å². The van der Waals surface area contributed by atoms with Crippen LogP contribution in [0.2, 0.25) is 10.3 Å². The number of halogens is 3. The zero-order valence-electron chi connectivity index (χ0n) is 12.7. The molecule has 24 heavy (non-hydrogen) atoms. The highest BCUT2D eigenvalue weighted by Gasteiger charge is 2.22. The first-order valence-electron chi connectivity index (χ1n) is 7.28. The van der Waals surface area contributed by atoms with Crippen LogP contribution in [0.4, 0.5) is 0 Å². The summed E-state index contributed by atoms with van der Waals surface area (Å²) in [5, 5.41) is 0.0489. The molecular formula is C18H13BrCl2N2O. The predicted octanol–water partition coefficient (Wildman–Crippen LogP) is 5.59. The van der Waals surface area contributed by atoms with Crippen molar-refractivity contribution in [3.05, 3.63) is 85.3 Å². The topological polar surface area (TPSA) is 34.9 Å². The lowest BCUT2D eigenvalue weighted by atomic mass is 10.1. The number of hydrogen-bond acceptors (Lipinski definition) is 2. The molecule has 0 bridgehead atoms. The van der Waals surface area contributed by atoms with Crippen molar-refractivity contribution in [2.75, 3.05) is 0 Å². The van der Waals surface area contributed by atoms with E-state index in [1.807, 2.05) is 61.5 Å². The molecule has 0 unspecified atom stereocenters. The van der Waals surface area contributed by atoms with E-state index in [-0.39, 0.29) is 21.9 Å². The van der Waals surface area contributed by atoms with Gasteiger partial charge in [-0.05, 0) is 18.6 Å². The van der Waals surface area contributed by atoms with Crippen molar-refractivity contribution in [3.8, 4) is 11.3 Å². The van der Waals surface area contributed by atoms with Gasteiger partial charge < -0.3 is 0 Å². The quantitative estimate of drug-likeness (QED) is 0.550. The van der Waals surface area contributed by atoms with Gasteiger partial charge >= 0.3 is 0 Å². The maximum atomic E-state index is 12.7. The van der Waals surface area contributed by atoms with Crippen LogP contribution in [0.3, 0.4) is 0 Å². The molecule has 3 aromatic rings. The van der Waals surface area contributed by atoms with Crippen molar-refractivity contribution in [3.63, 3.8) is 0 Å². The third-order valence-electron chi connectivity index (χ3n) is 3.83. The van der Waals surface area contributed by atoms with Crippen LogP contribution in [0, 0.1) is 0 Å². The highest BCUT2D eigenvalue weighted by molar-refractivity contribution is 9.10. The molecule has 122 valence electrons. The van der Waals surface area contributed by atoms with Gasteiger partial charge in [-0.1, -0.05) is 87.7 Å². The maximum absolute atomic E-state index is 12.7. The van der Waals surface area contributed by atoms with E-state index < -0.39 is 0 Å². The van der Waals surface area contributed by atoms with Gasteiger partial charge in [0.15, 0.2) is 10.3 Å². The Morgan fingerprint density at radius 2 is 1.62 bits per heavy atom. The summed E-state index contributed by atoms with van der Waals surface area (Å²) in [4.78, 5) is 16.7. The fourth-order valence-electron chi connectivity index (χ4n) is 2.63. The van der Waals surface area contributed by atoms with Crippen LogP contribution in [-0.2, 0) is 0 Å². The first-order valence-corrected chi connectivity index (χ1v) is 8.83. The molecule has 1 atom stereocenters. The summed E-state index contributed by atoms with van der Waals surface area (Å²) in [7, 11) is 0. The lowest BCUT2D eigenvalue weighted by Crippen LogP contribution is -2.27. The minimum absolute atomic E-state index is 0.140. The van der Waals surface area contributed by atoms with Crippen molar-refractivity contribution < 1.29 is 0 Å². The Balaban J connectivity index is 2.33. The Hall–Kier alpha value is -1.62. The Labute approximate surface area is 158 Å². The van der Waals surface area contributed by atoms with Crippen molar-refractivity contribution >= 4 is 39.1 Å². The first kappa shape index (κ1) is 17.2. The van der Waals surface area contributed by atoms with E-state index in [1.54, 1.807) is 4.57 Å². The Kier molecular flexibility index (Phi) is 5.09. The summed E-state index contributed by atoms with van der Waals surface area (Å²) in [5.41, 5.74) is 1.93. The van der Waals surface area contributed by atoms with Crippen LogP contribution in [0.25, 0.3) is 11.3 Å². The largest absolute Gasteiger partial charge is 0.295 e. The molecule has 0 fully saturated rings. The molecule has 0 aliphatic carbocycles. The normalized spacial score (nSPS) is 12.2. The van der Waals surface area contributed by atoms with Crippen LogP contribution in [-0.4, -0.2) is 9.55 Å². The van der Waals surface area contributed by atoms with Gasteiger partial charge in [-0.3, -0.25) is 9.36 Å². The summed E-state index contributed by atoms with van der Waals surface area (Å²) in [6, 6.07) is 17.0. The fraction of sp³-hybridized carbons (Fsp3) is 0.111. The number of aromatic nitrogens is 2. The van der Waals surface area contributed by atoms with Gasteiger partial charge in [0.1, 0.15) is 0 Å². The third-order valence-corrected chi connectivity index (χ3v) is 5.03. The molecule has 0 N–H and O–H groups in total. The number of nitrogens with zero attached hydrogens (tertiary/aromatic N) is 2. The molecule has 0 aliphatic heterocycles. The SMILES string of the molecule is C[C@H](c1ccccc1)n1c(-c2ccccc2Br)c(Cl)nc(Cl)c1=O. The average Bonchev–Trinajstić information content (AvgIpc) is 2.59. The van der Waals surface area contributed by atoms with E-state index in [0.717, 1.165) is 15.6 Å². The van der Waals surface area contributed by atoms with Gasteiger partial charge in [0.25, 0.3) is 5.56 Å². The summed E-state index contributed by atoms with van der Waals surface area (Å²) in [5.74, 6) is 0. The molecule has 0 spiro atoms. The van der Waals surface area contributed by atoms with Crippen molar-refractivity contribution in [1.29, 1.82) is 0 Å². The van der Waals surface area contributed by atoms with E-state index in [4.69, 9.17) is 23.2 Å². The van der Waals surface area contributed by atoms with Crippen LogP contribution in [0.15, 0.2) is 63.9 Å². The van der Waals surface area contributed by atoms with Crippen LogP contribution < -0.4 is 5.56 Å².